The molecule has 0 aliphatic carbocycles. The normalized spacial score (nSPS) is 13.0. The number of aryl methyl sites for hydroxylation is 2. The zero-order chi connectivity index (χ0) is 39.1. The fourth-order valence-corrected chi connectivity index (χ4v) is 9.37. The summed E-state index contributed by atoms with van der Waals surface area (Å²) in [5.41, 5.74) is 19.0. The first-order chi connectivity index (χ1) is 28.4. The van der Waals surface area contributed by atoms with E-state index in [2.05, 4.69) is 230 Å². The van der Waals surface area contributed by atoms with Gasteiger partial charge in [-0.05, 0) is 130 Å². The Morgan fingerprint density at radius 2 is 0.586 bits per heavy atom. The molecule has 4 heteroatoms. The summed E-state index contributed by atoms with van der Waals surface area (Å²) in [4.78, 5) is 9.48. The molecule has 9 aromatic carbocycles. The van der Waals surface area contributed by atoms with Crippen molar-refractivity contribution in [2.75, 3.05) is 33.7 Å². The lowest BCUT2D eigenvalue weighted by molar-refractivity contribution is 1.13. The first-order valence-corrected chi connectivity index (χ1v) is 20.1. The van der Waals surface area contributed by atoms with E-state index >= 15 is 0 Å². The molecule has 0 fully saturated rings. The third-order valence-electron chi connectivity index (χ3n) is 12.2. The first kappa shape index (κ1) is 34.0. The minimum absolute atomic E-state index is 1.13. The van der Waals surface area contributed by atoms with E-state index in [0.717, 1.165) is 34.1 Å². The van der Waals surface area contributed by atoms with Crippen LogP contribution in [0.25, 0.3) is 43.8 Å². The highest BCUT2D eigenvalue weighted by Crippen LogP contribution is 2.54. The van der Waals surface area contributed by atoms with E-state index < -0.39 is 0 Å². The van der Waals surface area contributed by atoms with Gasteiger partial charge in [-0.3, -0.25) is 0 Å². The van der Waals surface area contributed by atoms with Gasteiger partial charge in [0.05, 0.1) is 45.5 Å². The van der Waals surface area contributed by atoms with Crippen LogP contribution in [-0.4, -0.2) is 14.1 Å². The van der Waals surface area contributed by atoms with Crippen molar-refractivity contribution >= 4 is 78.4 Å². The second-order valence-corrected chi connectivity index (χ2v) is 15.7. The highest BCUT2D eigenvalue weighted by Gasteiger charge is 2.30. The molecule has 0 aromatic heterocycles. The smallest absolute Gasteiger partial charge is 0.0699 e. The minimum atomic E-state index is 1.13. The lowest BCUT2D eigenvalue weighted by Gasteiger charge is -2.39. The number of rotatable bonds is 4. The van der Waals surface area contributed by atoms with Crippen LogP contribution in [0.5, 0.6) is 0 Å². The van der Waals surface area contributed by atoms with Gasteiger partial charge >= 0.3 is 0 Å². The average molecular weight is 747 g/mol. The number of benzene rings is 9. The Bertz CT molecular complexity index is 2770. The Balaban J connectivity index is 1.23. The Hall–Kier alpha value is -7.30. The van der Waals surface area contributed by atoms with Crippen LogP contribution in [0.4, 0.5) is 56.9 Å². The van der Waals surface area contributed by atoms with Gasteiger partial charge in [0.1, 0.15) is 0 Å². The molecule has 0 saturated carbocycles. The number of hydrogen-bond acceptors (Lipinski definition) is 4. The zero-order valence-corrected chi connectivity index (χ0v) is 33.1. The molecule has 0 N–H and O–H groups in total. The topological polar surface area (TPSA) is 13.0 Å². The van der Waals surface area contributed by atoms with Crippen LogP contribution in [-0.2, 0) is 0 Å². The van der Waals surface area contributed by atoms with Crippen molar-refractivity contribution in [1.82, 2.24) is 0 Å². The van der Waals surface area contributed by atoms with Gasteiger partial charge in [0.15, 0.2) is 0 Å². The van der Waals surface area contributed by atoms with E-state index in [9.17, 15) is 0 Å². The predicted octanol–water partition coefficient (Wildman–Crippen LogP) is 15.0. The van der Waals surface area contributed by atoms with E-state index in [1.54, 1.807) is 0 Å². The van der Waals surface area contributed by atoms with Gasteiger partial charge in [0, 0.05) is 25.5 Å². The fraction of sp³-hybridized carbons (Fsp3) is 0.0741. The molecule has 0 bridgehead atoms. The molecule has 2 heterocycles. The summed E-state index contributed by atoms with van der Waals surface area (Å²) in [6.45, 7) is 4.33. The number of para-hydroxylation sites is 8. The van der Waals surface area contributed by atoms with Crippen LogP contribution in [0, 0.1) is 13.8 Å². The van der Waals surface area contributed by atoms with Crippen LogP contribution in [0.2, 0.25) is 0 Å². The maximum atomic E-state index is 2.43. The Labute approximate surface area is 340 Å². The summed E-state index contributed by atoms with van der Waals surface area (Å²) in [6.07, 6.45) is 0. The molecule has 11 rings (SSSR count). The van der Waals surface area contributed by atoms with Crippen molar-refractivity contribution < 1.29 is 0 Å². The summed E-state index contributed by atoms with van der Waals surface area (Å²) >= 11 is 0. The minimum Gasteiger partial charge on any atom is -0.341 e. The summed E-state index contributed by atoms with van der Waals surface area (Å²) < 4.78 is 0. The molecule has 0 saturated heterocycles. The van der Waals surface area contributed by atoms with Gasteiger partial charge in [-0.15, -0.1) is 0 Å². The molecule has 0 atom stereocenters. The lowest BCUT2D eigenvalue weighted by atomic mass is 9.85. The molecule has 0 amide bonds. The number of anilines is 10. The fourth-order valence-electron chi connectivity index (χ4n) is 9.37. The Kier molecular flexibility index (Phi) is 7.70. The average Bonchev–Trinajstić information content (AvgIpc) is 3.26. The molecule has 0 radical (unpaired) electrons. The largest absolute Gasteiger partial charge is 0.341 e. The van der Waals surface area contributed by atoms with Crippen molar-refractivity contribution in [2.24, 2.45) is 0 Å². The summed E-state index contributed by atoms with van der Waals surface area (Å²) in [6, 6.07) is 67.3. The molecule has 2 aliphatic heterocycles. The van der Waals surface area contributed by atoms with Crippen LogP contribution in [0.3, 0.4) is 0 Å². The van der Waals surface area contributed by atoms with Crippen molar-refractivity contribution in [2.45, 2.75) is 13.8 Å². The van der Waals surface area contributed by atoms with E-state index in [-0.39, 0.29) is 0 Å². The molecule has 58 heavy (non-hydrogen) atoms. The third kappa shape index (κ3) is 5.15. The summed E-state index contributed by atoms with van der Waals surface area (Å²) in [5, 5.41) is 4.90. The first-order valence-electron chi connectivity index (χ1n) is 20.1. The SMILES string of the molecule is Cc1ccc(-c2c3ccc(N4c5ccccc5N(C)c5ccccc54)cc3c(-c3ccc(C)cc3)c3ccc(N4c5ccccc5N(C)c5ccccc54)cc23)cc1. The van der Waals surface area contributed by atoms with Crippen LogP contribution in [0.15, 0.2) is 182 Å². The Morgan fingerprint density at radius 3 is 0.897 bits per heavy atom. The molecular formula is C54H42N4. The van der Waals surface area contributed by atoms with Crippen molar-refractivity contribution in [3.05, 3.63) is 193 Å². The van der Waals surface area contributed by atoms with E-state index in [4.69, 9.17) is 0 Å². The Morgan fingerprint density at radius 1 is 0.293 bits per heavy atom. The van der Waals surface area contributed by atoms with Gasteiger partial charge < -0.3 is 19.6 Å². The van der Waals surface area contributed by atoms with Gasteiger partial charge in [0.25, 0.3) is 0 Å². The second kappa shape index (κ2) is 13.1. The van der Waals surface area contributed by atoms with Crippen molar-refractivity contribution in [1.29, 1.82) is 0 Å². The highest BCUT2D eigenvalue weighted by atomic mass is 15.3. The molecule has 2 aliphatic rings. The number of fused-ring (bicyclic) bond motifs is 6. The predicted molar refractivity (Wildman–Crippen MR) is 247 cm³/mol. The number of nitrogens with zero attached hydrogens (tertiary/aromatic N) is 4. The molecule has 9 aromatic rings. The molecule has 278 valence electrons. The molecule has 4 nitrogen and oxygen atoms in total. The number of hydrogen-bond donors (Lipinski definition) is 0. The van der Waals surface area contributed by atoms with Gasteiger partial charge in [-0.1, -0.05) is 120 Å². The summed E-state index contributed by atoms with van der Waals surface area (Å²) in [7, 11) is 4.33. The van der Waals surface area contributed by atoms with Gasteiger partial charge in [-0.2, -0.15) is 0 Å². The monoisotopic (exact) mass is 746 g/mol. The standard InChI is InChI=1S/C54H42N4/c1-35-21-25-37(26-22-35)53-41-31-29-40(58-51-19-11-7-15-47(51)56(4)48-16-8-12-20-52(48)58)34-44(41)54(38-27-23-36(2)24-28-38)42-32-30-39(33-43(42)53)57-49-17-9-5-13-45(49)55(3)46-14-6-10-18-50(46)57/h5-34H,1-4H3. The maximum Gasteiger partial charge on any atom is 0.0699 e. The van der Waals surface area contributed by atoms with Crippen LogP contribution >= 0.6 is 0 Å². The zero-order valence-electron chi connectivity index (χ0n) is 33.1. The van der Waals surface area contributed by atoms with Crippen LogP contribution in [0.1, 0.15) is 11.1 Å². The van der Waals surface area contributed by atoms with Gasteiger partial charge in [-0.25, -0.2) is 0 Å². The van der Waals surface area contributed by atoms with Crippen molar-refractivity contribution in [3.63, 3.8) is 0 Å². The van der Waals surface area contributed by atoms with Crippen molar-refractivity contribution in [3.8, 4) is 22.3 Å². The molecule has 0 spiro atoms. The van der Waals surface area contributed by atoms with E-state index in [1.807, 2.05) is 0 Å². The van der Waals surface area contributed by atoms with Crippen LogP contribution < -0.4 is 19.6 Å². The van der Waals surface area contributed by atoms with E-state index in [1.165, 1.54) is 77.7 Å². The van der Waals surface area contributed by atoms with Gasteiger partial charge in [0.2, 0.25) is 0 Å². The quantitative estimate of drug-likeness (QED) is 0.166. The highest BCUT2D eigenvalue weighted by molar-refractivity contribution is 6.23. The second-order valence-electron chi connectivity index (χ2n) is 15.7. The molecule has 0 unspecified atom stereocenters. The lowest BCUT2D eigenvalue weighted by Crippen LogP contribution is -2.24. The maximum absolute atomic E-state index is 2.43. The third-order valence-corrected chi connectivity index (χ3v) is 12.2. The summed E-state index contributed by atoms with van der Waals surface area (Å²) in [5.74, 6) is 0. The van der Waals surface area contributed by atoms with E-state index in [0.29, 0.717) is 0 Å². The molecular weight excluding hydrogens is 705 g/mol.